The van der Waals surface area contributed by atoms with Gasteiger partial charge in [-0.3, -0.25) is 0 Å². The number of hydrogen-bond acceptors (Lipinski definition) is 2. The van der Waals surface area contributed by atoms with E-state index in [0.717, 1.165) is 12.1 Å². The van der Waals surface area contributed by atoms with E-state index in [4.69, 9.17) is 0 Å². The van der Waals surface area contributed by atoms with Crippen LogP contribution in [0.4, 0.5) is 0 Å². The van der Waals surface area contributed by atoms with Crippen LogP contribution in [0.2, 0.25) is 0 Å². The molecule has 2 rings (SSSR count). The quantitative estimate of drug-likeness (QED) is 0.677. The van der Waals surface area contributed by atoms with Gasteiger partial charge in [-0.05, 0) is 52.0 Å². The predicted octanol–water partition coefficient (Wildman–Crippen LogP) is 3.42. The van der Waals surface area contributed by atoms with E-state index in [1.54, 1.807) is 0 Å². The zero-order valence-corrected chi connectivity index (χ0v) is 11.9. The summed E-state index contributed by atoms with van der Waals surface area (Å²) in [6.45, 7) is 5.45. The Morgan fingerprint density at radius 3 is 2.22 bits per heavy atom. The largest absolute Gasteiger partial charge is 0.314 e. The first kappa shape index (κ1) is 14.3. The van der Waals surface area contributed by atoms with Crippen LogP contribution in [0, 0.1) is 6.92 Å². The summed E-state index contributed by atoms with van der Waals surface area (Å²) in [5.74, 6) is 0. The summed E-state index contributed by atoms with van der Waals surface area (Å²) in [6.07, 6.45) is 15.1. The minimum absolute atomic E-state index is 0.457. The summed E-state index contributed by atoms with van der Waals surface area (Å²) in [4.78, 5) is 0. The summed E-state index contributed by atoms with van der Waals surface area (Å²) in [5.41, 5.74) is 0. The van der Waals surface area contributed by atoms with Gasteiger partial charge in [0.2, 0.25) is 0 Å². The van der Waals surface area contributed by atoms with Crippen LogP contribution in [-0.4, -0.2) is 24.7 Å². The van der Waals surface area contributed by atoms with Gasteiger partial charge in [-0.25, -0.2) is 0 Å². The van der Waals surface area contributed by atoms with E-state index in [0.29, 0.717) is 6.04 Å². The SMILES string of the molecule is [CH2]C(CCCNC1CCCC1)NC1CCCCC1. The first-order chi connectivity index (χ1) is 8.84. The fourth-order valence-electron chi connectivity index (χ4n) is 3.47. The van der Waals surface area contributed by atoms with Crippen LogP contribution < -0.4 is 10.6 Å². The van der Waals surface area contributed by atoms with E-state index in [-0.39, 0.29) is 0 Å². The second-order valence-corrected chi connectivity index (χ2v) is 6.28. The van der Waals surface area contributed by atoms with Crippen LogP contribution in [-0.2, 0) is 0 Å². The van der Waals surface area contributed by atoms with Gasteiger partial charge < -0.3 is 10.6 Å². The Hall–Kier alpha value is -0.0800. The molecule has 2 fully saturated rings. The van der Waals surface area contributed by atoms with Gasteiger partial charge in [-0.2, -0.15) is 0 Å². The van der Waals surface area contributed by atoms with Gasteiger partial charge in [-0.1, -0.05) is 32.1 Å². The Kier molecular flexibility index (Phi) is 6.50. The molecule has 0 aliphatic heterocycles. The Morgan fingerprint density at radius 1 is 0.889 bits per heavy atom. The molecule has 0 saturated heterocycles. The van der Waals surface area contributed by atoms with Gasteiger partial charge in [0.25, 0.3) is 0 Å². The zero-order chi connectivity index (χ0) is 12.6. The molecule has 0 heterocycles. The molecular weight excluding hydrogens is 220 g/mol. The molecule has 18 heavy (non-hydrogen) atoms. The maximum Gasteiger partial charge on any atom is 0.00707 e. The van der Waals surface area contributed by atoms with Crippen molar-refractivity contribution in [2.45, 2.75) is 88.8 Å². The van der Waals surface area contributed by atoms with Crippen LogP contribution in [0.15, 0.2) is 0 Å². The van der Waals surface area contributed by atoms with Gasteiger partial charge >= 0.3 is 0 Å². The van der Waals surface area contributed by atoms with Crippen molar-refractivity contribution in [1.82, 2.24) is 10.6 Å². The van der Waals surface area contributed by atoms with E-state index in [1.807, 2.05) is 0 Å². The highest BCUT2D eigenvalue weighted by molar-refractivity contribution is 4.79. The van der Waals surface area contributed by atoms with Crippen molar-refractivity contribution < 1.29 is 0 Å². The Balaban J connectivity index is 1.47. The lowest BCUT2D eigenvalue weighted by molar-refractivity contribution is 0.344. The molecule has 2 heteroatoms. The van der Waals surface area contributed by atoms with Crippen molar-refractivity contribution in [2.75, 3.05) is 6.54 Å². The topological polar surface area (TPSA) is 24.1 Å². The predicted molar refractivity (Wildman–Crippen MR) is 78.6 cm³/mol. The average Bonchev–Trinajstić information content (AvgIpc) is 2.89. The summed E-state index contributed by atoms with van der Waals surface area (Å²) >= 11 is 0. The standard InChI is InChI=1S/C16H31N2/c1-14(18-16-11-3-2-4-12-16)8-7-13-17-15-9-5-6-10-15/h14-18H,1-13H2. The normalized spacial score (nSPS) is 24.5. The van der Waals surface area contributed by atoms with Crippen molar-refractivity contribution >= 4 is 0 Å². The molecule has 2 N–H and O–H groups in total. The van der Waals surface area contributed by atoms with Gasteiger partial charge in [-0.15, -0.1) is 0 Å². The Labute approximate surface area is 113 Å². The molecule has 2 aliphatic carbocycles. The summed E-state index contributed by atoms with van der Waals surface area (Å²) in [5, 5.41) is 7.39. The molecule has 0 aromatic rings. The van der Waals surface area contributed by atoms with Crippen molar-refractivity contribution in [3.8, 4) is 0 Å². The van der Waals surface area contributed by atoms with Gasteiger partial charge in [0.05, 0.1) is 0 Å². The highest BCUT2D eigenvalue weighted by Gasteiger charge is 2.16. The molecule has 105 valence electrons. The maximum atomic E-state index is 4.26. The van der Waals surface area contributed by atoms with E-state index in [2.05, 4.69) is 17.6 Å². The highest BCUT2D eigenvalue weighted by atomic mass is 14.9. The van der Waals surface area contributed by atoms with Crippen molar-refractivity contribution in [3.05, 3.63) is 6.92 Å². The van der Waals surface area contributed by atoms with Crippen molar-refractivity contribution in [3.63, 3.8) is 0 Å². The zero-order valence-electron chi connectivity index (χ0n) is 11.9. The van der Waals surface area contributed by atoms with Crippen molar-refractivity contribution in [1.29, 1.82) is 0 Å². The summed E-state index contributed by atoms with van der Waals surface area (Å²) in [6, 6.07) is 2.03. The monoisotopic (exact) mass is 251 g/mol. The summed E-state index contributed by atoms with van der Waals surface area (Å²) in [7, 11) is 0. The van der Waals surface area contributed by atoms with Gasteiger partial charge in [0.1, 0.15) is 0 Å². The van der Waals surface area contributed by atoms with Crippen LogP contribution in [0.5, 0.6) is 0 Å². The minimum atomic E-state index is 0.457. The minimum Gasteiger partial charge on any atom is -0.314 e. The molecule has 1 atom stereocenters. The molecule has 2 saturated carbocycles. The van der Waals surface area contributed by atoms with Crippen LogP contribution in [0.25, 0.3) is 0 Å². The first-order valence-electron chi connectivity index (χ1n) is 8.17. The van der Waals surface area contributed by atoms with E-state index in [1.165, 1.54) is 77.2 Å². The van der Waals surface area contributed by atoms with Gasteiger partial charge in [0, 0.05) is 18.1 Å². The third-order valence-electron chi connectivity index (χ3n) is 4.59. The molecule has 0 aromatic carbocycles. The molecule has 0 bridgehead atoms. The number of nitrogens with one attached hydrogen (secondary N) is 2. The molecule has 0 aromatic heterocycles. The lowest BCUT2D eigenvalue weighted by Gasteiger charge is -2.26. The molecule has 2 aliphatic rings. The third kappa shape index (κ3) is 5.27. The van der Waals surface area contributed by atoms with Crippen LogP contribution in [0.3, 0.4) is 0 Å². The molecule has 2 nitrogen and oxygen atoms in total. The van der Waals surface area contributed by atoms with E-state index < -0.39 is 0 Å². The lowest BCUT2D eigenvalue weighted by Crippen LogP contribution is -2.38. The van der Waals surface area contributed by atoms with E-state index in [9.17, 15) is 0 Å². The molecular formula is C16H31N2. The van der Waals surface area contributed by atoms with Crippen molar-refractivity contribution in [2.24, 2.45) is 0 Å². The number of hydrogen-bond donors (Lipinski definition) is 2. The molecule has 1 radical (unpaired) electrons. The van der Waals surface area contributed by atoms with E-state index >= 15 is 0 Å². The van der Waals surface area contributed by atoms with Crippen LogP contribution in [0.1, 0.15) is 70.6 Å². The van der Waals surface area contributed by atoms with Crippen LogP contribution >= 0.6 is 0 Å². The fraction of sp³-hybridized carbons (Fsp3) is 0.938. The smallest absolute Gasteiger partial charge is 0.00707 e. The molecule has 0 amide bonds. The molecule has 1 unspecified atom stereocenters. The highest BCUT2D eigenvalue weighted by Crippen LogP contribution is 2.19. The van der Waals surface area contributed by atoms with Gasteiger partial charge in [0.15, 0.2) is 0 Å². The first-order valence-corrected chi connectivity index (χ1v) is 8.17. The second kappa shape index (κ2) is 8.16. The second-order valence-electron chi connectivity index (χ2n) is 6.28. The lowest BCUT2D eigenvalue weighted by atomic mass is 9.94. The third-order valence-corrected chi connectivity index (χ3v) is 4.59. The Bertz CT molecular complexity index is 205. The fourth-order valence-corrected chi connectivity index (χ4v) is 3.47. The molecule has 0 spiro atoms. The summed E-state index contributed by atoms with van der Waals surface area (Å²) < 4.78 is 0. The average molecular weight is 251 g/mol. The maximum absolute atomic E-state index is 4.26. The Morgan fingerprint density at radius 2 is 1.50 bits per heavy atom. The number of rotatable bonds is 7.